The molecule has 0 saturated carbocycles. The van der Waals surface area contributed by atoms with Gasteiger partial charge in [-0.15, -0.1) is 10.2 Å². The summed E-state index contributed by atoms with van der Waals surface area (Å²) in [7, 11) is 0. The summed E-state index contributed by atoms with van der Waals surface area (Å²) >= 11 is 11.6. The standard InChI is InChI=1S/C12H15Cl2N5O2/c13-9-4-8(10(14)18-17-9)11(20)19-3-1-2-7(6-19)5-16-12(15)21/h4,7H,1-3,5-6H2,(H3,15,16,21). The van der Waals surface area contributed by atoms with Crippen LogP contribution >= 0.6 is 23.2 Å². The molecule has 1 atom stereocenters. The lowest BCUT2D eigenvalue weighted by atomic mass is 9.97. The lowest BCUT2D eigenvalue weighted by Gasteiger charge is -2.32. The van der Waals surface area contributed by atoms with Crippen LogP contribution in [-0.2, 0) is 0 Å². The maximum atomic E-state index is 12.5. The maximum absolute atomic E-state index is 12.5. The molecule has 1 aromatic rings. The van der Waals surface area contributed by atoms with Crippen molar-refractivity contribution in [2.24, 2.45) is 11.7 Å². The molecule has 1 saturated heterocycles. The van der Waals surface area contributed by atoms with Crippen LogP contribution in [0.15, 0.2) is 6.07 Å². The number of carbonyl (C=O) groups excluding carboxylic acids is 2. The number of likely N-dealkylation sites (tertiary alicyclic amines) is 1. The van der Waals surface area contributed by atoms with E-state index in [-0.39, 0.29) is 27.7 Å². The largest absolute Gasteiger partial charge is 0.352 e. The minimum absolute atomic E-state index is 0.0294. The minimum Gasteiger partial charge on any atom is -0.352 e. The van der Waals surface area contributed by atoms with Gasteiger partial charge < -0.3 is 16.0 Å². The number of piperidine rings is 1. The fraction of sp³-hybridized carbons (Fsp3) is 0.500. The highest BCUT2D eigenvalue weighted by atomic mass is 35.5. The summed E-state index contributed by atoms with van der Waals surface area (Å²) in [5, 5.41) is 9.93. The van der Waals surface area contributed by atoms with E-state index in [0.29, 0.717) is 19.6 Å². The van der Waals surface area contributed by atoms with Crippen LogP contribution in [0.4, 0.5) is 4.79 Å². The van der Waals surface area contributed by atoms with Gasteiger partial charge >= 0.3 is 6.03 Å². The molecule has 0 bridgehead atoms. The van der Waals surface area contributed by atoms with Crippen molar-refractivity contribution in [1.29, 1.82) is 0 Å². The van der Waals surface area contributed by atoms with Crippen LogP contribution in [0.1, 0.15) is 23.2 Å². The Labute approximate surface area is 131 Å². The van der Waals surface area contributed by atoms with Crippen molar-refractivity contribution >= 4 is 35.1 Å². The molecule has 0 aromatic carbocycles. The third kappa shape index (κ3) is 4.18. The van der Waals surface area contributed by atoms with Gasteiger partial charge in [0.2, 0.25) is 0 Å². The zero-order valence-electron chi connectivity index (χ0n) is 11.2. The molecule has 1 fully saturated rings. The first kappa shape index (κ1) is 15.8. The Morgan fingerprint density at radius 2 is 2.19 bits per heavy atom. The summed E-state index contributed by atoms with van der Waals surface area (Å²) in [5.41, 5.74) is 5.29. The van der Waals surface area contributed by atoms with Gasteiger partial charge in [0.05, 0.1) is 5.56 Å². The van der Waals surface area contributed by atoms with Crippen molar-refractivity contribution in [1.82, 2.24) is 20.4 Å². The van der Waals surface area contributed by atoms with E-state index in [1.807, 2.05) is 0 Å². The van der Waals surface area contributed by atoms with Gasteiger partial charge in [0.25, 0.3) is 5.91 Å². The topological polar surface area (TPSA) is 101 Å². The molecule has 21 heavy (non-hydrogen) atoms. The summed E-state index contributed by atoms with van der Waals surface area (Å²) in [5.74, 6) is -0.0696. The number of primary amides is 1. The van der Waals surface area contributed by atoms with Gasteiger partial charge in [-0.2, -0.15) is 0 Å². The van der Waals surface area contributed by atoms with Crippen LogP contribution in [-0.4, -0.2) is 46.7 Å². The van der Waals surface area contributed by atoms with Crippen molar-refractivity contribution in [3.63, 3.8) is 0 Å². The number of urea groups is 1. The second-order valence-corrected chi connectivity index (χ2v) is 5.62. The van der Waals surface area contributed by atoms with Crippen molar-refractivity contribution in [3.8, 4) is 0 Å². The van der Waals surface area contributed by atoms with Gasteiger partial charge in [-0.3, -0.25) is 4.79 Å². The van der Waals surface area contributed by atoms with E-state index in [1.165, 1.54) is 6.07 Å². The Kier molecular flexibility index (Phi) is 5.19. The first-order valence-electron chi connectivity index (χ1n) is 6.48. The molecular formula is C12H15Cl2N5O2. The molecule has 2 heterocycles. The third-order valence-electron chi connectivity index (χ3n) is 3.32. The molecule has 0 radical (unpaired) electrons. The van der Waals surface area contributed by atoms with Gasteiger partial charge in [0, 0.05) is 19.6 Å². The Balaban J connectivity index is 2.05. The van der Waals surface area contributed by atoms with Crippen LogP contribution in [0.25, 0.3) is 0 Å². The molecule has 3 N–H and O–H groups in total. The molecule has 2 rings (SSSR count). The highest BCUT2D eigenvalue weighted by Crippen LogP contribution is 2.22. The van der Waals surface area contributed by atoms with Crippen LogP contribution in [0, 0.1) is 5.92 Å². The van der Waals surface area contributed by atoms with Gasteiger partial charge in [0.15, 0.2) is 10.3 Å². The van der Waals surface area contributed by atoms with Gasteiger partial charge in [0.1, 0.15) is 0 Å². The van der Waals surface area contributed by atoms with E-state index in [1.54, 1.807) is 4.90 Å². The molecule has 1 aromatic heterocycles. The van der Waals surface area contributed by atoms with Crippen molar-refractivity contribution in [3.05, 3.63) is 21.9 Å². The summed E-state index contributed by atoms with van der Waals surface area (Å²) in [4.78, 5) is 24.9. The maximum Gasteiger partial charge on any atom is 0.312 e. The first-order chi connectivity index (χ1) is 9.97. The number of amides is 3. The van der Waals surface area contributed by atoms with Crippen LogP contribution in [0.3, 0.4) is 0 Å². The molecule has 1 aliphatic heterocycles. The van der Waals surface area contributed by atoms with E-state index in [9.17, 15) is 9.59 Å². The Bertz CT molecular complexity index is 554. The van der Waals surface area contributed by atoms with Gasteiger partial charge in [-0.25, -0.2) is 4.79 Å². The lowest BCUT2D eigenvalue weighted by molar-refractivity contribution is 0.0674. The van der Waals surface area contributed by atoms with E-state index >= 15 is 0 Å². The number of rotatable bonds is 3. The third-order valence-corrected chi connectivity index (χ3v) is 3.78. The van der Waals surface area contributed by atoms with Crippen molar-refractivity contribution < 1.29 is 9.59 Å². The first-order valence-corrected chi connectivity index (χ1v) is 7.24. The number of aromatic nitrogens is 2. The van der Waals surface area contributed by atoms with E-state index in [4.69, 9.17) is 28.9 Å². The Morgan fingerprint density at radius 1 is 1.43 bits per heavy atom. The second kappa shape index (κ2) is 6.91. The van der Waals surface area contributed by atoms with Crippen molar-refractivity contribution in [2.75, 3.05) is 19.6 Å². The summed E-state index contributed by atoms with van der Waals surface area (Å²) in [6, 6.07) is 0.844. The highest BCUT2D eigenvalue weighted by molar-refractivity contribution is 6.34. The fourth-order valence-electron chi connectivity index (χ4n) is 2.33. The smallest absolute Gasteiger partial charge is 0.312 e. The number of nitrogens with zero attached hydrogens (tertiary/aromatic N) is 3. The molecule has 3 amide bonds. The number of hydrogen-bond donors (Lipinski definition) is 2. The van der Waals surface area contributed by atoms with E-state index < -0.39 is 6.03 Å². The Hall–Kier alpha value is -1.60. The lowest BCUT2D eigenvalue weighted by Crippen LogP contribution is -2.44. The van der Waals surface area contributed by atoms with Crippen LogP contribution in [0.2, 0.25) is 10.3 Å². The summed E-state index contributed by atoms with van der Waals surface area (Å²) < 4.78 is 0. The van der Waals surface area contributed by atoms with E-state index in [2.05, 4.69) is 15.5 Å². The van der Waals surface area contributed by atoms with Gasteiger partial charge in [-0.05, 0) is 24.8 Å². The van der Waals surface area contributed by atoms with Crippen molar-refractivity contribution in [2.45, 2.75) is 12.8 Å². The number of hydrogen-bond acceptors (Lipinski definition) is 4. The molecule has 1 unspecified atom stereocenters. The van der Waals surface area contributed by atoms with Crippen LogP contribution < -0.4 is 11.1 Å². The molecule has 0 aliphatic carbocycles. The average molecular weight is 332 g/mol. The number of halogens is 2. The summed E-state index contributed by atoms with van der Waals surface area (Å²) in [6.07, 6.45) is 1.77. The number of nitrogens with one attached hydrogen (secondary N) is 1. The summed E-state index contributed by atoms with van der Waals surface area (Å²) in [6.45, 7) is 1.60. The number of carbonyl (C=O) groups is 2. The minimum atomic E-state index is -0.563. The van der Waals surface area contributed by atoms with Crippen LogP contribution in [0.5, 0.6) is 0 Å². The SMILES string of the molecule is NC(=O)NCC1CCCN(C(=O)c2cc(Cl)nnc2Cl)C1. The normalized spacial score (nSPS) is 18.4. The number of nitrogens with two attached hydrogens (primary N) is 1. The second-order valence-electron chi connectivity index (χ2n) is 4.88. The fourth-order valence-corrected chi connectivity index (χ4v) is 2.65. The Morgan fingerprint density at radius 3 is 2.90 bits per heavy atom. The predicted molar refractivity (Wildman–Crippen MR) is 78.3 cm³/mol. The zero-order chi connectivity index (χ0) is 15.4. The van der Waals surface area contributed by atoms with E-state index in [0.717, 1.165) is 12.8 Å². The molecule has 0 spiro atoms. The molecule has 1 aliphatic rings. The molecular weight excluding hydrogens is 317 g/mol. The zero-order valence-corrected chi connectivity index (χ0v) is 12.7. The molecule has 114 valence electrons. The monoisotopic (exact) mass is 331 g/mol. The average Bonchev–Trinajstić information content (AvgIpc) is 2.47. The van der Waals surface area contributed by atoms with Gasteiger partial charge in [-0.1, -0.05) is 23.2 Å². The predicted octanol–water partition coefficient (Wildman–Crippen LogP) is 1.30. The molecule has 7 nitrogen and oxygen atoms in total. The molecule has 9 heteroatoms. The highest BCUT2D eigenvalue weighted by Gasteiger charge is 2.26. The quantitative estimate of drug-likeness (QED) is 0.871.